The zero-order valence-corrected chi connectivity index (χ0v) is 14.0. The van der Waals surface area contributed by atoms with Crippen LogP contribution < -0.4 is 0 Å². The summed E-state index contributed by atoms with van der Waals surface area (Å²) in [5, 5.41) is 9.28. The highest BCUT2D eigenvalue weighted by molar-refractivity contribution is 5.82. The summed E-state index contributed by atoms with van der Waals surface area (Å²) in [6.07, 6.45) is 2.68. The van der Waals surface area contributed by atoms with Crippen molar-refractivity contribution in [1.29, 1.82) is 0 Å². The fourth-order valence-electron chi connectivity index (χ4n) is 3.60. The van der Waals surface area contributed by atoms with Crippen LogP contribution in [0.2, 0.25) is 0 Å². The highest BCUT2D eigenvalue weighted by atomic mass is 16.5. The number of carbonyl (C=O) groups excluding carboxylic acids is 1. The average Bonchev–Trinajstić information content (AvgIpc) is 2.42. The quantitative estimate of drug-likeness (QED) is 0.867. The number of nitrogens with zero attached hydrogens (tertiary/aromatic N) is 1. The molecule has 1 aliphatic heterocycles. The number of ketones is 1. The summed E-state index contributed by atoms with van der Waals surface area (Å²) < 4.78 is 5.58. The first kappa shape index (κ1) is 16.9. The Hall–Kier alpha value is -0.450. The third-order valence-electron chi connectivity index (χ3n) is 5.28. The number of aliphatic hydroxyl groups is 1. The number of ether oxygens (including phenoxy) is 1. The van der Waals surface area contributed by atoms with E-state index < -0.39 is 0 Å². The standard InChI is InChI=1S/C17H31NO3/c1-12-11-21-15(10-19)9-18(12)8-13-7-14(17(2,3)4)5-6-16(13)20/h12-15,19H,5-11H2,1-4H3. The first-order chi connectivity index (χ1) is 9.81. The Morgan fingerprint density at radius 1 is 1.38 bits per heavy atom. The zero-order chi connectivity index (χ0) is 15.6. The van der Waals surface area contributed by atoms with Gasteiger partial charge in [-0.15, -0.1) is 0 Å². The minimum Gasteiger partial charge on any atom is -0.394 e. The predicted molar refractivity (Wildman–Crippen MR) is 83.2 cm³/mol. The van der Waals surface area contributed by atoms with Crippen molar-refractivity contribution >= 4 is 5.78 Å². The monoisotopic (exact) mass is 297 g/mol. The van der Waals surface area contributed by atoms with Gasteiger partial charge in [-0.2, -0.15) is 0 Å². The van der Waals surface area contributed by atoms with Crippen LogP contribution in [0.3, 0.4) is 0 Å². The van der Waals surface area contributed by atoms with Gasteiger partial charge in [-0.25, -0.2) is 0 Å². The average molecular weight is 297 g/mol. The van der Waals surface area contributed by atoms with Gasteiger partial charge in [0.25, 0.3) is 0 Å². The molecule has 2 fully saturated rings. The fourth-order valence-corrected chi connectivity index (χ4v) is 3.60. The van der Waals surface area contributed by atoms with Crippen molar-refractivity contribution in [1.82, 2.24) is 4.90 Å². The second kappa shape index (κ2) is 6.76. The molecule has 4 nitrogen and oxygen atoms in total. The number of hydrogen-bond acceptors (Lipinski definition) is 4. The lowest BCUT2D eigenvalue weighted by atomic mass is 9.68. The Kier molecular flexibility index (Phi) is 5.44. The van der Waals surface area contributed by atoms with Gasteiger partial charge in [0.05, 0.1) is 19.3 Å². The van der Waals surface area contributed by atoms with Gasteiger partial charge in [0.15, 0.2) is 0 Å². The van der Waals surface area contributed by atoms with E-state index in [1.54, 1.807) is 0 Å². The lowest BCUT2D eigenvalue weighted by molar-refractivity contribution is -0.130. The molecule has 0 radical (unpaired) electrons. The van der Waals surface area contributed by atoms with E-state index in [4.69, 9.17) is 4.74 Å². The summed E-state index contributed by atoms with van der Waals surface area (Å²) >= 11 is 0. The van der Waals surface area contributed by atoms with Crippen LogP contribution in [0.1, 0.15) is 47.0 Å². The van der Waals surface area contributed by atoms with Crippen molar-refractivity contribution in [2.24, 2.45) is 17.3 Å². The Labute approximate surface area is 128 Å². The summed E-state index contributed by atoms with van der Waals surface area (Å²) in [4.78, 5) is 14.6. The Morgan fingerprint density at radius 2 is 2.10 bits per heavy atom. The fraction of sp³-hybridized carbons (Fsp3) is 0.941. The van der Waals surface area contributed by atoms with Crippen molar-refractivity contribution in [2.75, 3.05) is 26.3 Å². The van der Waals surface area contributed by atoms with Crippen LogP contribution in [0.5, 0.6) is 0 Å². The lowest BCUT2D eigenvalue weighted by Crippen LogP contribution is -2.52. The number of Topliss-reactive ketones (excluding diaryl/α,β-unsaturated/α-hetero) is 1. The summed E-state index contributed by atoms with van der Waals surface area (Å²) in [6.45, 7) is 11.3. The van der Waals surface area contributed by atoms with Crippen LogP contribution >= 0.6 is 0 Å². The molecule has 1 saturated heterocycles. The minimum atomic E-state index is -0.0988. The molecule has 1 N–H and O–H groups in total. The van der Waals surface area contributed by atoms with Crippen molar-refractivity contribution in [3.8, 4) is 0 Å². The topological polar surface area (TPSA) is 49.8 Å². The molecule has 4 atom stereocenters. The van der Waals surface area contributed by atoms with Crippen LogP contribution in [0.4, 0.5) is 0 Å². The van der Waals surface area contributed by atoms with Gasteiger partial charge in [0, 0.05) is 31.5 Å². The molecule has 0 bridgehead atoms. The van der Waals surface area contributed by atoms with Crippen LogP contribution in [0.15, 0.2) is 0 Å². The van der Waals surface area contributed by atoms with Crippen LogP contribution in [-0.2, 0) is 9.53 Å². The molecule has 4 unspecified atom stereocenters. The van der Waals surface area contributed by atoms with Crippen molar-refractivity contribution in [2.45, 2.75) is 59.1 Å². The van der Waals surface area contributed by atoms with Crippen molar-refractivity contribution in [3.63, 3.8) is 0 Å². The Bertz CT molecular complexity index is 364. The second-order valence-electron chi connectivity index (χ2n) is 7.94. The molecule has 0 aromatic heterocycles. The van der Waals surface area contributed by atoms with E-state index in [0.717, 1.165) is 32.4 Å². The molecule has 0 aromatic carbocycles. The van der Waals surface area contributed by atoms with Gasteiger partial charge in [0.1, 0.15) is 5.78 Å². The molecular formula is C17H31NO3. The molecule has 4 heteroatoms. The molecule has 1 heterocycles. The van der Waals surface area contributed by atoms with E-state index in [1.807, 2.05) is 0 Å². The van der Waals surface area contributed by atoms with E-state index in [2.05, 4.69) is 32.6 Å². The molecule has 0 aromatic rings. The molecule has 2 rings (SSSR count). The molecule has 2 aliphatic rings. The summed E-state index contributed by atoms with van der Waals surface area (Å²) in [6, 6.07) is 0.329. The SMILES string of the molecule is CC1COC(CO)CN1CC1CC(C(C)(C)C)CCC1=O. The van der Waals surface area contributed by atoms with Crippen molar-refractivity contribution in [3.05, 3.63) is 0 Å². The van der Waals surface area contributed by atoms with Crippen LogP contribution in [0.25, 0.3) is 0 Å². The van der Waals surface area contributed by atoms with Gasteiger partial charge in [0.2, 0.25) is 0 Å². The second-order valence-corrected chi connectivity index (χ2v) is 7.94. The molecule has 122 valence electrons. The first-order valence-electron chi connectivity index (χ1n) is 8.30. The highest BCUT2D eigenvalue weighted by Gasteiger charge is 2.37. The van der Waals surface area contributed by atoms with E-state index in [0.29, 0.717) is 24.3 Å². The number of carbonyl (C=O) groups is 1. The number of rotatable bonds is 3. The van der Waals surface area contributed by atoms with Crippen LogP contribution in [-0.4, -0.2) is 54.2 Å². The van der Waals surface area contributed by atoms with Gasteiger partial charge in [-0.1, -0.05) is 20.8 Å². The van der Waals surface area contributed by atoms with E-state index >= 15 is 0 Å². The molecule has 0 spiro atoms. The zero-order valence-electron chi connectivity index (χ0n) is 14.0. The van der Waals surface area contributed by atoms with E-state index in [9.17, 15) is 9.90 Å². The number of morpholine rings is 1. The summed E-state index contributed by atoms with van der Waals surface area (Å²) in [7, 11) is 0. The molecular weight excluding hydrogens is 266 g/mol. The molecule has 21 heavy (non-hydrogen) atoms. The highest BCUT2D eigenvalue weighted by Crippen LogP contribution is 2.39. The Balaban J connectivity index is 1.97. The largest absolute Gasteiger partial charge is 0.394 e. The predicted octanol–water partition coefficient (Wildman–Crippen LogP) is 2.10. The van der Waals surface area contributed by atoms with Gasteiger partial charge in [-0.3, -0.25) is 9.69 Å². The number of hydrogen-bond donors (Lipinski definition) is 1. The number of aliphatic hydroxyl groups excluding tert-OH is 1. The maximum absolute atomic E-state index is 12.3. The summed E-state index contributed by atoms with van der Waals surface area (Å²) in [5.74, 6) is 1.21. The smallest absolute Gasteiger partial charge is 0.137 e. The van der Waals surface area contributed by atoms with Gasteiger partial charge in [-0.05, 0) is 31.1 Å². The minimum absolute atomic E-state index is 0.0620. The van der Waals surface area contributed by atoms with E-state index in [1.165, 1.54) is 0 Å². The molecule has 1 saturated carbocycles. The first-order valence-corrected chi connectivity index (χ1v) is 8.30. The maximum atomic E-state index is 12.3. The summed E-state index contributed by atoms with van der Waals surface area (Å²) in [5.41, 5.74) is 0.281. The lowest BCUT2D eigenvalue weighted by Gasteiger charge is -2.42. The van der Waals surface area contributed by atoms with Gasteiger partial charge >= 0.3 is 0 Å². The molecule has 0 amide bonds. The third-order valence-corrected chi connectivity index (χ3v) is 5.28. The maximum Gasteiger partial charge on any atom is 0.137 e. The van der Waals surface area contributed by atoms with Crippen molar-refractivity contribution < 1.29 is 14.6 Å². The third kappa shape index (κ3) is 4.27. The van der Waals surface area contributed by atoms with Crippen LogP contribution in [0, 0.1) is 17.3 Å². The van der Waals surface area contributed by atoms with Gasteiger partial charge < -0.3 is 9.84 Å². The van der Waals surface area contributed by atoms with E-state index in [-0.39, 0.29) is 24.0 Å². The molecule has 1 aliphatic carbocycles. The normalized spacial score (nSPS) is 36.0. The Morgan fingerprint density at radius 3 is 2.71 bits per heavy atom.